The third-order valence-corrected chi connectivity index (χ3v) is 3.79. The Morgan fingerprint density at radius 1 is 1.24 bits per heavy atom. The molecule has 0 bridgehead atoms. The molecule has 1 aliphatic carbocycles. The molecular formula is C17H27NO3. The molecule has 0 spiro atoms. The molecule has 4 heteroatoms. The smallest absolute Gasteiger partial charge is 0.119 e. The van der Waals surface area contributed by atoms with Crippen LogP contribution >= 0.6 is 0 Å². The average molecular weight is 293 g/mol. The van der Waals surface area contributed by atoms with Crippen LogP contribution in [0.4, 0.5) is 0 Å². The molecule has 1 saturated carbocycles. The molecule has 1 N–H and O–H groups in total. The van der Waals surface area contributed by atoms with E-state index in [-0.39, 0.29) is 0 Å². The second-order valence-electron chi connectivity index (χ2n) is 5.65. The molecule has 1 atom stereocenters. The largest absolute Gasteiger partial charge is 0.494 e. The maximum absolute atomic E-state index is 10.4. The first-order chi connectivity index (χ1) is 10.2. The van der Waals surface area contributed by atoms with E-state index in [4.69, 9.17) is 9.47 Å². The highest BCUT2D eigenvalue weighted by molar-refractivity contribution is 5.28. The number of aliphatic hydroxyl groups is 1. The van der Waals surface area contributed by atoms with Crippen molar-refractivity contribution in [3.05, 3.63) is 29.8 Å². The van der Waals surface area contributed by atoms with Crippen molar-refractivity contribution < 1.29 is 14.6 Å². The molecule has 1 fully saturated rings. The summed E-state index contributed by atoms with van der Waals surface area (Å²) >= 11 is 0. The number of nitrogens with zero attached hydrogens (tertiary/aromatic N) is 1. The van der Waals surface area contributed by atoms with E-state index in [0.717, 1.165) is 30.9 Å². The summed E-state index contributed by atoms with van der Waals surface area (Å²) < 4.78 is 10.7. The topological polar surface area (TPSA) is 41.9 Å². The number of benzene rings is 1. The maximum atomic E-state index is 10.4. The summed E-state index contributed by atoms with van der Waals surface area (Å²) in [6.07, 6.45) is 3.02. The van der Waals surface area contributed by atoms with Crippen molar-refractivity contribution in [2.75, 3.05) is 33.4 Å². The molecule has 0 heterocycles. The van der Waals surface area contributed by atoms with Gasteiger partial charge in [0.2, 0.25) is 0 Å². The standard InChI is InChI=1S/C17H27NO3/c1-3-11-21-16-8-4-14(5-9-16)17(19)13-18(10-12-20-2)15-6-7-15/h4-5,8-9,15,17,19H,3,6-7,10-13H2,1-2H3. The van der Waals surface area contributed by atoms with Gasteiger partial charge in [-0.25, -0.2) is 0 Å². The van der Waals surface area contributed by atoms with Gasteiger partial charge in [0.25, 0.3) is 0 Å². The van der Waals surface area contributed by atoms with Gasteiger partial charge in [-0.3, -0.25) is 4.90 Å². The first-order valence-electron chi connectivity index (χ1n) is 7.88. The molecule has 0 saturated heterocycles. The molecule has 1 unspecified atom stereocenters. The minimum Gasteiger partial charge on any atom is -0.494 e. The highest BCUT2D eigenvalue weighted by Gasteiger charge is 2.30. The van der Waals surface area contributed by atoms with Gasteiger partial charge < -0.3 is 14.6 Å². The SMILES string of the molecule is CCCOc1ccc(C(O)CN(CCOC)C2CC2)cc1. The van der Waals surface area contributed by atoms with E-state index in [9.17, 15) is 5.11 Å². The molecule has 2 rings (SSSR count). The quantitative estimate of drug-likeness (QED) is 0.720. The minimum absolute atomic E-state index is 0.456. The van der Waals surface area contributed by atoms with Gasteiger partial charge in [0.05, 0.1) is 19.3 Å². The van der Waals surface area contributed by atoms with Crippen molar-refractivity contribution in [2.24, 2.45) is 0 Å². The molecular weight excluding hydrogens is 266 g/mol. The zero-order chi connectivity index (χ0) is 15.1. The Morgan fingerprint density at radius 2 is 1.95 bits per heavy atom. The molecule has 21 heavy (non-hydrogen) atoms. The second kappa shape index (κ2) is 8.37. The van der Waals surface area contributed by atoms with Crippen molar-refractivity contribution in [3.8, 4) is 5.75 Å². The number of aliphatic hydroxyl groups excluding tert-OH is 1. The summed E-state index contributed by atoms with van der Waals surface area (Å²) in [6, 6.07) is 8.41. The molecule has 0 aromatic heterocycles. The predicted molar refractivity (Wildman–Crippen MR) is 83.7 cm³/mol. The number of ether oxygens (including phenoxy) is 2. The Balaban J connectivity index is 1.87. The highest BCUT2D eigenvalue weighted by Crippen LogP contribution is 2.29. The molecule has 4 nitrogen and oxygen atoms in total. The van der Waals surface area contributed by atoms with Gasteiger partial charge in [-0.2, -0.15) is 0 Å². The van der Waals surface area contributed by atoms with Crippen molar-refractivity contribution in [1.29, 1.82) is 0 Å². The molecule has 118 valence electrons. The average Bonchev–Trinajstić information content (AvgIpc) is 3.34. The Morgan fingerprint density at radius 3 is 2.52 bits per heavy atom. The van der Waals surface area contributed by atoms with Gasteiger partial charge >= 0.3 is 0 Å². The zero-order valence-corrected chi connectivity index (χ0v) is 13.1. The summed E-state index contributed by atoms with van der Waals surface area (Å²) in [5.41, 5.74) is 0.946. The number of rotatable bonds is 10. The van der Waals surface area contributed by atoms with Crippen LogP contribution in [-0.2, 0) is 4.74 Å². The summed E-state index contributed by atoms with van der Waals surface area (Å²) in [7, 11) is 1.72. The Kier molecular flexibility index (Phi) is 6.49. The van der Waals surface area contributed by atoms with Crippen molar-refractivity contribution >= 4 is 0 Å². The van der Waals surface area contributed by atoms with Crippen LogP contribution < -0.4 is 4.74 Å². The maximum Gasteiger partial charge on any atom is 0.119 e. The third kappa shape index (κ3) is 5.30. The van der Waals surface area contributed by atoms with Crippen LogP contribution in [-0.4, -0.2) is 49.5 Å². The van der Waals surface area contributed by atoms with Crippen molar-refractivity contribution in [2.45, 2.75) is 38.3 Å². The monoisotopic (exact) mass is 293 g/mol. The van der Waals surface area contributed by atoms with Crippen LogP contribution in [0.15, 0.2) is 24.3 Å². The Hall–Kier alpha value is -1.10. The highest BCUT2D eigenvalue weighted by atomic mass is 16.5. The van der Waals surface area contributed by atoms with Gasteiger partial charge in [-0.1, -0.05) is 19.1 Å². The Labute approximate surface area is 127 Å². The van der Waals surface area contributed by atoms with E-state index in [1.54, 1.807) is 7.11 Å². The van der Waals surface area contributed by atoms with E-state index in [1.165, 1.54) is 12.8 Å². The lowest BCUT2D eigenvalue weighted by molar-refractivity contribution is 0.0845. The van der Waals surface area contributed by atoms with E-state index >= 15 is 0 Å². The minimum atomic E-state index is -0.456. The fourth-order valence-corrected chi connectivity index (χ4v) is 2.40. The zero-order valence-electron chi connectivity index (χ0n) is 13.1. The lowest BCUT2D eigenvalue weighted by Crippen LogP contribution is -2.33. The molecule has 1 aromatic rings. The van der Waals surface area contributed by atoms with E-state index in [2.05, 4.69) is 11.8 Å². The number of hydrogen-bond acceptors (Lipinski definition) is 4. The fraction of sp³-hybridized carbons (Fsp3) is 0.647. The van der Waals surface area contributed by atoms with Gasteiger partial charge in [-0.15, -0.1) is 0 Å². The first-order valence-corrected chi connectivity index (χ1v) is 7.88. The number of hydrogen-bond donors (Lipinski definition) is 1. The molecule has 0 amide bonds. The molecule has 0 radical (unpaired) electrons. The van der Waals surface area contributed by atoms with Gasteiger partial charge in [0.1, 0.15) is 5.75 Å². The molecule has 1 aliphatic rings. The summed E-state index contributed by atoms with van der Waals surface area (Å²) in [5.74, 6) is 0.867. The normalized spacial score (nSPS) is 16.2. The van der Waals surface area contributed by atoms with Crippen LogP contribution in [0.1, 0.15) is 37.9 Å². The Bertz CT molecular complexity index is 403. The van der Waals surface area contributed by atoms with Crippen LogP contribution in [0, 0.1) is 0 Å². The number of methoxy groups -OCH3 is 1. The van der Waals surface area contributed by atoms with Crippen molar-refractivity contribution in [3.63, 3.8) is 0 Å². The van der Waals surface area contributed by atoms with E-state index < -0.39 is 6.10 Å². The molecule has 0 aliphatic heterocycles. The summed E-state index contributed by atoms with van der Waals surface area (Å²) in [5, 5.41) is 10.4. The summed E-state index contributed by atoms with van der Waals surface area (Å²) in [4.78, 5) is 2.33. The van der Waals surface area contributed by atoms with Crippen LogP contribution in [0.2, 0.25) is 0 Å². The lowest BCUT2D eigenvalue weighted by atomic mass is 10.1. The second-order valence-corrected chi connectivity index (χ2v) is 5.65. The van der Waals surface area contributed by atoms with Gasteiger partial charge in [-0.05, 0) is 37.0 Å². The van der Waals surface area contributed by atoms with Crippen LogP contribution in [0.25, 0.3) is 0 Å². The van der Waals surface area contributed by atoms with E-state index in [1.807, 2.05) is 24.3 Å². The summed E-state index contributed by atoms with van der Waals surface area (Å²) in [6.45, 7) is 5.09. The van der Waals surface area contributed by atoms with Crippen LogP contribution in [0.5, 0.6) is 5.75 Å². The first kappa shape index (κ1) is 16.3. The van der Waals surface area contributed by atoms with Gasteiger partial charge in [0, 0.05) is 26.2 Å². The van der Waals surface area contributed by atoms with Crippen molar-refractivity contribution in [1.82, 2.24) is 4.90 Å². The lowest BCUT2D eigenvalue weighted by Gasteiger charge is -2.24. The predicted octanol–water partition coefficient (Wildman–Crippen LogP) is 2.62. The molecule has 1 aromatic carbocycles. The third-order valence-electron chi connectivity index (χ3n) is 3.79. The van der Waals surface area contributed by atoms with Gasteiger partial charge in [0.15, 0.2) is 0 Å². The van der Waals surface area contributed by atoms with E-state index in [0.29, 0.717) is 19.2 Å². The fourth-order valence-electron chi connectivity index (χ4n) is 2.40. The van der Waals surface area contributed by atoms with Crippen LogP contribution in [0.3, 0.4) is 0 Å².